The number of hydrogen-bond acceptors (Lipinski definition) is 13. The van der Waals surface area contributed by atoms with Crippen molar-refractivity contribution in [1.29, 1.82) is 0 Å². The molecular formula is C60H99NO13. The van der Waals surface area contributed by atoms with Crippen LogP contribution in [0.1, 0.15) is 168 Å². The molecule has 2 fully saturated rings. The summed E-state index contributed by atoms with van der Waals surface area (Å²) >= 11 is 0. The maximum Gasteiger partial charge on any atom is 0.220 e. The molecule has 0 bridgehead atoms. The van der Waals surface area contributed by atoms with Gasteiger partial charge in [0.25, 0.3) is 0 Å². The monoisotopic (exact) mass is 1040 g/mol. The molecule has 0 aromatic heterocycles. The van der Waals surface area contributed by atoms with Crippen LogP contribution in [0.4, 0.5) is 0 Å². The van der Waals surface area contributed by atoms with E-state index >= 15 is 0 Å². The number of rotatable bonds is 42. The van der Waals surface area contributed by atoms with Crippen LogP contribution in [-0.4, -0.2) is 140 Å². The van der Waals surface area contributed by atoms with Gasteiger partial charge in [-0.1, -0.05) is 187 Å². The molecule has 0 radical (unpaired) electrons. The molecule has 12 atom stereocenters. The molecule has 0 aromatic carbocycles. The molecule has 2 rings (SSSR count). The maximum absolute atomic E-state index is 13.1. The van der Waals surface area contributed by atoms with Crippen LogP contribution >= 0.6 is 0 Å². The molecule has 0 spiro atoms. The highest BCUT2D eigenvalue weighted by molar-refractivity contribution is 5.76. The SMILES string of the molecule is CC/C=C\C/C=C\C/C=C\C/C=C\C/C=C\C/C=C\C/C=C\C/C=C\CCCCCCCCCCCCC(=O)NC(COC1OC(CO)C(OC2OC(CO)C(O)C(O)C2O)C(O)C1O)C(O)/C=C/CCCCC. The normalized spacial score (nSPS) is 26.1. The average molecular weight is 1040 g/mol. The molecule has 0 saturated carbocycles. The molecule has 74 heavy (non-hydrogen) atoms. The first-order valence-corrected chi connectivity index (χ1v) is 28.1. The Hall–Kier alpha value is -3.35. The van der Waals surface area contributed by atoms with Gasteiger partial charge in [0.2, 0.25) is 5.91 Å². The fourth-order valence-corrected chi connectivity index (χ4v) is 8.42. The minimum Gasteiger partial charge on any atom is -0.394 e. The summed E-state index contributed by atoms with van der Waals surface area (Å²) in [5.74, 6) is -0.258. The van der Waals surface area contributed by atoms with E-state index in [1.54, 1.807) is 6.08 Å². The van der Waals surface area contributed by atoms with Gasteiger partial charge in [0.1, 0.15) is 48.8 Å². The molecule has 9 N–H and O–H groups in total. The van der Waals surface area contributed by atoms with E-state index < -0.39 is 86.8 Å². The first kappa shape index (κ1) is 66.8. The van der Waals surface area contributed by atoms with Gasteiger partial charge in [0, 0.05) is 6.42 Å². The van der Waals surface area contributed by atoms with Gasteiger partial charge in [-0.25, -0.2) is 0 Å². The first-order chi connectivity index (χ1) is 36.1. The predicted molar refractivity (Wildman–Crippen MR) is 295 cm³/mol. The maximum atomic E-state index is 13.1. The van der Waals surface area contributed by atoms with E-state index in [2.05, 4.69) is 116 Å². The van der Waals surface area contributed by atoms with Crippen molar-refractivity contribution in [2.45, 2.75) is 242 Å². The molecule has 0 aromatic rings. The third-order valence-electron chi connectivity index (χ3n) is 13.0. The van der Waals surface area contributed by atoms with Crippen molar-refractivity contribution in [1.82, 2.24) is 5.32 Å². The second kappa shape index (κ2) is 44.7. The molecule has 2 aliphatic heterocycles. The zero-order chi connectivity index (χ0) is 53.9. The third-order valence-corrected chi connectivity index (χ3v) is 13.0. The molecule has 0 aliphatic carbocycles. The minimum atomic E-state index is -1.79. The van der Waals surface area contributed by atoms with Crippen molar-refractivity contribution < 1.29 is 64.6 Å². The Morgan fingerprint density at radius 2 is 0.932 bits per heavy atom. The number of aliphatic hydroxyl groups is 8. The molecule has 14 heteroatoms. The summed E-state index contributed by atoms with van der Waals surface area (Å²) in [4.78, 5) is 13.1. The Balaban J connectivity index is 1.58. The van der Waals surface area contributed by atoms with E-state index in [4.69, 9.17) is 18.9 Å². The predicted octanol–water partition coefficient (Wildman–Crippen LogP) is 8.88. The molecule has 12 unspecified atom stereocenters. The summed E-state index contributed by atoms with van der Waals surface area (Å²) in [5.41, 5.74) is 0. The molecular weight excluding hydrogens is 943 g/mol. The van der Waals surface area contributed by atoms with Gasteiger partial charge in [-0.05, 0) is 83.5 Å². The summed E-state index contributed by atoms with van der Waals surface area (Å²) in [6.45, 7) is 2.52. The number of carbonyl (C=O) groups excluding carboxylic acids is 1. The fourth-order valence-electron chi connectivity index (χ4n) is 8.42. The molecule has 422 valence electrons. The Morgan fingerprint density at radius 1 is 0.500 bits per heavy atom. The second-order valence-corrected chi connectivity index (χ2v) is 19.3. The van der Waals surface area contributed by atoms with Gasteiger partial charge >= 0.3 is 0 Å². The van der Waals surface area contributed by atoms with Crippen LogP contribution in [0.25, 0.3) is 0 Å². The van der Waals surface area contributed by atoms with Crippen LogP contribution in [0, 0.1) is 0 Å². The largest absolute Gasteiger partial charge is 0.394 e. The molecule has 14 nitrogen and oxygen atoms in total. The number of amides is 1. The van der Waals surface area contributed by atoms with Crippen molar-refractivity contribution in [3.05, 3.63) is 109 Å². The number of unbranched alkanes of at least 4 members (excludes halogenated alkanes) is 13. The van der Waals surface area contributed by atoms with E-state index in [-0.39, 0.29) is 18.9 Å². The highest BCUT2D eigenvalue weighted by Gasteiger charge is 2.51. The summed E-state index contributed by atoms with van der Waals surface area (Å²) in [7, 11) is 0. The zero-order valence-electron chi connectivity index (χ0n) is 45.0. The van der Waals surface area contributed by atoms with Crippen LogP contribution < -0.4 is 5.32 Å². The number of nitrogens with one attached hydrogen (secondary N) is 1. The van der Waals surface area contributed by atoms with Crippen LogP contribution in [0.2, 0.25) is 0 Å². The van der Waals surface area contributed by atoms with Crippen LogP contribution in [0.15, 0.2) is 109 Å². The lowest BCUT2D eigenvalue weighted by Crippen LogP contribution is -2.65. The van der Waals surface area contributed by atoms with E-state index in [0.29, 0.717) is 6.42 Å². The van der Waals surface area contributed by atoms with Gasteiger partial charge in [-0.2, -0.15) is 0 Å². The van der Waals surface area contributed by atoms with Crippen LogP contribution in [0.5, 0.6) is 0 Å². The number of ether oxygens (including phenoxy) is 4. The van der Waals surface area contributed by atoms with E-state index in [0.717, 1.165) is 103 Å². The van der Waals surface area contributed by atoms with Crippen molar-refractivity contribution >= 4 is 5.91 Å². The van der Waals surface area contributed by atoms with Crippen molar-refractivity contribution in [2.24, 2.45) is 0 Å². The van der Waals surface area contributed by atoms with E-state index in [9.17, 15) is 45.6 Å². The number of carbonyl (C=O) groups is 1. The van der Waals surface area contributed by atoms with Crippen molar-refractivity contribution in [2.75, 3.05) is 19.8 Å². The van der Waals surface area contributed by atoms with Gasteiger partial charge in [-0.15, -0.1) is 0 Å². The topological polar surface area (TPSA) is 228 Å². The second-order valence-electron chi connectivity index (χ2n) is 19.3. The third kappa shape index (κ3) is 30.4. The van der Waals surface area contributed by atoms with Crippen molar-refractivity contribution in [3.63, 3.8) is 0 Å². The Labute approximate surface area is 445 Å². The fraction of sp³-hybridized carbons (Fsp3) is 0.683. The highest BCUT2D eigenvalue weighted by atomic mass is 16.7. The minimum absolute atomic E-state index is 0.258. The lowest BCUT2D eigenvalue weighted by molar-refractivity contribution is -0.359. The highest BCUT2D eigenvalue weighted by Crippen LogP contribution is 2.30. The summed E-state index contributed by atoms with van der Waals surface area (Å²) < 4.78 is 22.6. The molecule has 2 aliphatic rings. The zero-order valence-corrected chi connectivity index (χ0v) is 45.0. The average Bonchev–Trinajstić information content (AvgIpc) is 3.40. The summed E-state index contributed by atoms with van der Waals surface area (Å²) in [6, 6.07) is -0.920. The van der Waals surface area contributed by atoms with Gasteiger partial charge < -0.3 is 65.1 Å². The van der Waals surface area contributed by atoms with Gasteiger partial charge in [0.15, 0.2) is 12.6 Å². The first-order valence-electron chi connectivity index (χ1n) is 28.1. The Kier molecular flexibility index (Phi) is 40.4. The summed E-state index contributed by atoms with van der Waals surface area (Å²) in [6.07, 6.45) is 46.4. The Bertz CT molecular complexity index is 1650. The van der Waals surface area contributed by atoms with Gasteiger partial charge in [-0.3, -0.25) is 4.79 Å². The van der Waals surface area contributed by atoms with Crippen LogP contribution in [-0.2, 0) is 23.7 Å². The summed E-state index contributed by atoms with van der Waals surface area (Å²) in [5, 5.41) is 86.3. The number of aliphatic hydroxyl groups excluding tert-OH is 8. The quantitative estimate of drug-likeness (QED) is 0.0206. The number of allylic oxidation sites excluding steroid dienone is 17. The lowest BCUT2D eigenvalue weighted by Gasteiger charge is -2.46. The standard InChI is InChI=1S/C60H99NO13/c1-3-5-7-9-10-11-12-13-14-15-16-17-18-19-20-21-22-23-24-25-26-27-28-29-30-31-32-33-34-35-36-37-38-40-42-44-52(65)61-48(49(64)43-41-39-8-6-4-2)47-71-59-57(70)55(68)58(51(46-63)73-59)74-60-56(69)54(67)53(66)50(45-62)72-60/h5,7,10-11,13-14,16-17,19-20,22-23,25-26,28-29,41,43,48-51,53-60,62-64,66-70H,3-4,6,8-9,12,15,18,21,24,27,30-40,42,44-47H2,1-2H3,(H,61,65)/b7-5-,11-10-,14-13-,17-16-,20-19-,23-22-,26-25-,29-28-,43-41+. The van der Waals surface area contributed by atoms with Gasteiger partial charge in [0.05, 0.1) is 32.0 Å². The van der Waals surface area contributed by atoms with E-state index in [1.165, 1.54) is 38.5 Å². The number of hydrogen-bond donors (Lipinski definition) is 9. The van der Waals surface area contributed by atoms with Crippen LogP contribution in [0.3, 0.4) is 0 Å². The van der Waals surface area contributed by atoms with E-state index in [1.807, 2.05) is 6.08 Å². The Morgan fingerprint density at radius 3 is 1.43 bits per heavy atom. The molecule has 1 amide bonds. The van der Waals surface area contributed by atoms with Crippen molar-refractivity contribution in [3.8, 4) is 0 Å². The molecule has 2 saturated heterocycles. The smallest absolute Gasteiger partial charge is 0.220 e. The molecule has 2 heterocycles. The lowest BCUT2D eigenvalue weighted by atomic mass is 9.97.